The summed E-state index contributed by atoms with van der Waals surface area (Å²) < 4.78 is 0. The van der Waals surface area contributed by atoms with E-state index in [0.29, 0.717) is 21.6 Å². The minimum Gasteiger partial charge on any atom is -0.360 e. The summed E-state index contributed by atoms with van der Waals surface area (Å²) >= 11 is 7.76. The molecule has 0 saturated carbocycles. The van der Waals surface area contributed by atoms with Crippen LogP contribution in [0, 0.1) is 0 Å². The summed E-state index contributed by atoms with van der Waals surface area (Å²) in [6, 6.07) is 29.7. The summed E-state index contributed by atoms with van der Waals surface area (Å²) in [7, 11) is 2.00. The number of hydrogen-bond acceptors (Lipinski definition) is 5. The highest BCUT2D eigenvalue weighted by Gasteiger charge is 2.17. The van der Waals surface area contributed by atoms with E-state index in [2.05, 4.69) is 51.4 Å². The van der Waals surface area contributed by atoms with Crippen LogP contribution >= 0.6 is 23.4 Å². The number of carbonyl (C=O) groups excluding carboxylic acids is 1. The maximum absolute atomic E-state index is 13.1. The molecule has 1 amide bonds. The van der Waals surface area contributed by atoms with Crippen molar-refractivity contribution in [1.82, 2.24) is 15.3 Å². The highest BCUT2D eigenvalue weighted by molar-refractivity contribution is 7.98. The molecule has 37 heavy (non-hydrogen) atoms. The Kier molecular flexibility index (Phi) is 9.58. The lowest BCUT2D eigenvalue weighted by atomic mass is 9.98. The zero-order valence-electron chi connectivity index (χ0n) is 21.1. The highest BCUT2D eigenvalue weighted by Crippen LogP contribution is 2.25. The van der Waals surface area contributed by atoms with Crippen LogP contribution in [-0.4, -0.2) is 29.5 Å². The zero-order valence-corrected chi connectivity index (χ0v) is 22.7. The molecular weight excluding hydrogens is 500 g/mol. The second-order valence-electron chi connectivity index (χ2n) is 8.87. The molecule has 0 fully saturated rings. The van der Waals surface area contributed by atoms with Crippen molar-refractivity contribution in [2.75, 3.05) is 18.5 Å². The largest absolute Gasteiger partial charge is 0.360 e. The third-order valence-corrected chi connectivity index (χ3v) is 7.10. The first kappa shape index (κ1) is 26.7. The first-order chi connectivity index (χ1) is 18.0. The predicted octanol–water partition coefficient (Wildman–Crippen LogP) is 6.98. The van der Waals surface area contributed by atoms with Crippen molar-refractivity contribution in [3.8, 4) is 0 Å². The lowest BCUT2D eigenvalue weighted by molar-refractivity contribution is 0.0936. The first-order valence-electron chi connectivity index (χ1n) is 12.4. The van der Waals surface area contributed by atoms with Crippen molar-refractivity contribution in [1.29, 1.82) is 0 Å². The van der Waals surface area contributed by atoms with E-state index in [-0.39, 0.29) is 11.9 Å². The van der Waals surface area contributed by atoms with Crippen molar-refractivity contribution < 1.29 is 4.79 Å². The average molecular weight is 531 g/mol. The lowest BCUT2D eigenvalue weighted by Crippen LogP contribution is -2.30. The SMILES string of the molecule is CCCN(C)c1cc(Cl)nc(SCc2ccc(C(=O)NC(Cc3ccccc3)c3ccccc3)cc2)n1. The maximum Gasteiger partial charge on any atom is 0.251 e. The third kappa shape index (κ3) is 7.81. The van der Waals surface area contributed by atoms with Crippen LogP contribution in [0.25, 0.3) is 0 Å². The number of benzene rings is 3. The predicted molar refractivity (Wildman–Crippen MR) is 153 cm³/mol. The molecule has 1 atom stereocenters. The number of thioether (sulfide) groups is 1. The minimum atomic E-state index is -0.119. The molecule has 4 aromatic rings. The van der Waals surface area contributed by atoms with Gasteiger partial charge in [-0.15, -0.1) is 0 Å². The Balaban J connectivity index is 1.40. The molecular formula is C30H31ClN4OS. The second kappa shape index (κ2) is 13.3. The summed E-state index contributed by atoms with van der Waals surface area (Å²) in [6.45, 7) is 3.03. The Bertz CT molecular complexity index is 1290. The van der Waals surface area contributed by atoms with Gasteiger partial charge in [0, 0.05) is 31.0 Å². The molecule has 1 N–H and O–H groups in total. The third-order valence-electron chi connectivity index (χ3n) is 5.98. The van der Waals surface area contributed by atoms with E-state index in [4.69, 9.17) is 11.6 Å². The minimum absolute atomic E-state index is 0.0919. The molecule has 0 radical (unpaired) electrons. The van der Waals surface area contributed by atoms with Gasteiger partial charge in [0.25, 0.3) is 5.91 Å². The molecule has 0 bridgehead atoms. The van der Waals surface area contributed by atoms with Gasteiger partial charge in [-0.1, -0.05) is 103 Å². The van der Waals surface area contributed by atoms with Crippen LogP contribution in [0.4, 0.5) is 5.82 Å². The van der Waals surface area contributed by atoms with Crippen LogP contribution in [0.5, 0.6) is 0 Å². The topological polar surface area (TPSA) is 58.1 Å². The average Bonchev–Trinajstić information content (AvgIpc) is 2.92. The van der Waals surface area contributed by atoms with Gasteiger partial charge in [0.2, 0.25) is 0 Å². The van der Waals surface area contributed by atoms with E-state index in [0.717, 1.165) is 36.3 Å². The van der Waals surface area contributed by atoms with Gasteiger partial charge < -0.3 is 10.2 Å². The van der Waals surface area contributed by atoms with Crippen LogP contribution in [0.2, 0.25) is 5.15 Å². The number of rotatable bonds is 11. The van der Waals surface area contributed by atoms with Crippen LogP contribution in [-0.2, 0) is 12.2 Å². The van der Waals surface area contributed by atoms with Gasteiger partial charge in [0.15, 0.2) is 5.16 Å². The summed E-state index contributed by atoms with van der Waals surface area (Å²) in [4.78, 5) is 24.2. The quantitative estimate of drug-likeness (QED) is 0.129. The van der Waals surface area contributed by atoms with Gasteiger partial charge >= 0.3 is 0 Å². The van der Waals surface area contributed by atoms with E-state index in [1.54, 1.807) is 6.07 Å². The van der Waals surface area contributed by atoms with Crippen molar-refractivity contribution >= 4 is 35.1 Å². The number of aromatic nitrogens is 2. The van der Waals surface area contributed by atoms with Gasteiger partial charge in [-0.25, -0.2) is 9.97 Å². The number of nitrogens with zero attached hydrogens (tertiary/aromatic N) is 3. The molecule has 0 saturated heterocycles. The molecule has 0 aliphatic rings. The molecule has 3 aromatic carbocycles. The number of nitrogens with one attached hydrogen (secondary N) is 1. The molecule has 1 aromatic heterocycles. The fourth-order valence-corrected chi connectivity index (χ4v) is 5.06. The molecule has 0 spiro atoms. The Hall–Kier alpha value is -3.35. The smallest absolute Gasteiger partial charge is 0.251 e. The fraction of sp³-hybridized carbons (Fsp3) is 0.233. The summed E-state index contributed by atoms with van der Waals surface area (Å²) in [5, 5.41) is 4.30. The van der Waals surface area contributed by atoms with Crippen LogP contribution in [0.1, 0.15) is 46.4 Å². The number of halogens is 1. The Morgan fingerprint density at radius 1 is 0.946 bits per heavy atom. The van der Waals surface area contributed by atoms with Crippen LogP contribution in [0.15, 0.2) is 96.2 Å². The lowest BCUT2D eigenvalue weighted by Gasteiger charge is -2.20. The molecule has 7 heteroatoms. The normalized spacial score (nSPS) is 11.6. The molecule has 4 rings (SSSR count). The monoisotopic (exact) mass is 530 g/mol. The Morgan fingerprint density at radius 3 is 2.30 bits per heavy atom. The van der Waals surface area contributed by atoms with Gasteiger partial charge in [-0.3, -0.25) is 4.79 Å². The standard InChI is InChI=1S/C30H31ClN4OS/c1-3-18-35(2)28-20-27(31)33-30(34-28)37-21-23-14-16-25(17-15-23)29(36)32-26(24-12-8-5-9-13-24)19-22-10-6-4-7-11-22/h4-17,20,26H,3,18-19,21H2,1-2H3,(H,32,36). The summed E-state index contributed by atoms with van der Waals surface area (Å²) in [5.74, 6) is 1.41. The highest BCUT2D eigenvalue weighted by atomic mass is 35.5. The summed E-state index contributed by atoms with van der Waals surface area (Å²) in [5.41, 5.74) is 3.97. The molecule has 0 aliphatic carbocycles. The van der Waals surface area contributed by atoms with E-state index in [1.165, 1.54) is 17.3 Å². The Morgan fingerprint density at radius 2 is 1.62 bits per heavy atom. The number of anilines is 1. The molecule has 0 aliphatic heterocycles. The molecule has 1 heterocycles. The van der Waals surface area contributed by atoms with Crippen molar-refractivity contribution in [2.24, 2.45) is 0 Å². The Labute approximate surface area is 228 Å². The molecule has 5 nitrogen and oxygen atoms in total. The molecule has 190 valence electrons. The van der Waals surface area contributed by atoms with Gasteiger partial charge in [0.1, 0.15) is 11.0 Å². The van der Waals surface area contributed by atoms with Gasteiger partial charge in [-0.05, 0) is 41.7 Å². The van der Waals surface area contributed by atoms with E-state index < -0.39 is 0 Å². The maximum atomic E-state index is 13.1. The second-order valence-corrected chi connectivity index (χ2v) is 10.2. The number of hydrogen-bond donors (Lipinski definition) is 1. The summed E-state index contributed by atoms with van der Waals surface area (Å²) in [6.07, 6.45) is 1.75. The van der Waals surface area contributed by atoms with Crippen molar-refractivity contribution in [3.05, 3.63) is 118 Å². The van der Waals surface area contributed by atoms with Crippen LogP contribution < -0.4 is 10.2 Å². The van der Waals surface area contributed by atoms with E-state index in [9.17, 15) is 4.79 Å². The zero-order chi connectivity index (χ0) is 26.0. The van der Waals surface area contributed by atoms with Gasteiger partial charge in [-0.2, -0.15) is 0 Å². The van der Waals surface area contributed by atoms with Gasteiger partial charge in [0.05, 0.1) is 6.04 Å². The van der Waals surface area contributed by atoms with Crippen molar-refractivity contribution in [3.63, 3.8) is 0 Å². The van der Waals surface area contributed by atoms with E-state index in [1.807, 2.05) is 67.7 Å². The fourth-order valence-electron chi connectivity index (χ4n) is 4.02. The first-order valence-corrected chi connectivity index (χ1v) is 13.8. The van der Waals surface area contributed by atoms with Crippen LogP contribution in [0.3, 0.4) is 0 Å². The number of carbonyl (C=O) groups is 1. The molecule has 1 unspecified atom stereocenters. The van der Waals surface area contributed by atoms with E-state index >= 15 is 0 Å². The van der Waals surface area contributed by atoms with Crippen molar-refractivity contribution in [2.45, 2.75) is 36.7 Å². The number of amides is 1.